The number of carbonyl (C=O) groups excluding carboxylic acids is 2. The van der Waals surface area contributed by atoms with Crippen LogP contribution in [-0.4, -0.2) is 103 Å². The molecule has 1 saturated carbocycles. The highest BCUT2D eigenvalue weighted by molar-refractivity contribution is 8.12. The van der Waals surface area contributed by atoms with E-state index < -0.39 is 51.9 Å². The zero-order chi connectivity index (χ0) is 35.3. The summed E-state index contributed by atoms with van der Waals surface area (Å²) in [6, 6.07) is 3.63. The largest absolute Gasteiger partial charge is 0.477 e. The summed E-state index contributed by atoms with van der Waals surface area (Å²) in [5.41, 5.74) is 0.192. The second-order valence-electron chi connectivity index (χ2n) is 12.2. The Kier molecular flexibility index (Phi) is 9.34. The van der Waals surface area contributed by atoms with Gasteiger partial charge in [-0.15, -0.1) is 34.9 Å². The van der Waals surface area contributed by atoms with Gasteiger partial charge in [-0.25, -0.2) is 18.4 Å². The van der Waals surface area contributed by atoms with Gasteiger partial charge in [0.25, 0.3) is 5.91 Å². The lowest BCUT2D eigenvalue weighted by Gasteiger charge is -2.49. The van der Waals surface area contributed by atoms with Gasteiger partial charge < -0.3 is 25.0 Å². The number of aromatic carboxylic acids is 1. The maximum absolute atomic E-state index is 16.0. The molecule has 1 aliphatic carbocycles. The van der Waals surface area contributed by atoms with Crippen molar-refractivity contribution >= 4 is 80.8 Å². The van der Waals surface area contributed by atoms with Gasteiger partial charge in [0.15, 0.2) is 5.82 Å². The molecule has 3 aliphatic heterocycles. The summed E-state index contributed by atoms with van der Waals surface area (Å²) >= 11 is 4.08. The van der Waals surface area contributed by atoms with Gasteiger partial charge in [0, 0.05) is 41.7 Å². The third-order valence-corrected chi connectivity index (χ3v) is 11.9. The molecule has 3 N–H and O–H groups in total. The number of carbonyl (C=O) groups is 4. The van der Waals surface area contributed by atoms with E-state index >= 15 is 8.78 Å². The molecule has 4 aliphatic rings. The third-order valence-electron chi connectivity index (χ3n) is 8.95. The van der Waals surface area contributed by atoms with Crippen molar-refractivity contribution in [2.24, 2.45) is 5.10 Å². The van der Waals surface area contributed by atoms with Gasteiger partial charge in [-0.1, -0.05) is 6.07 Å². The Morgan fingerprint density at radius 2 is 1.86 bits per heavy atom. The number of hydrogen-bond donors (Lipinski definition) is 3. The molecule has 2 saturated heterocycles. The molecule has 18 heteroatoms. The lowest BCUT2D eigenvalue weighted by Crippen LogP contribution is -2.70. The van der Waals surface area contributed by atoms with Crippen LogP contribution in [0.5, 0.6) is 0 Å². The monoisotopic (exact) mass is 744 g/mol. The van der Waals surface area contributed by atoms with E-state index in [1.807, 2.05) is 17.5 Å². The average Bonchev–Trinajstić information content (AvgIpc) is 3.81. The normalized spacial score (nSPS) is 20.8. The summed E-state index contributed by atoms with van der Waals surface area (Å²) in [7, 11) is 0. The van der Waals surface area contributed by atoms with Crippen molar-refractivity contribution < 1.29 is 38.2 Å². The Balaban J connectivity index is 0.970. The molecule has 2 unspecified atom stereocenters. The number of thioether (sulfide) groups is 2. The molecule has 13 nitrogen and oxygen atoms in total. The van der Waals surface area contributed by atoms with Crippen molar-refractivity contribution in [2.45, 2.75) is 36.7 Å². The predicted molar refractivity (Wildman–Crippen MR) is 186 cm³/mol. The molecule has 262 valence electrons. The van der Waals surface area contributed by atoms with Gasteiger partial charge in [0.2, 0.25) is 11.3 Å². The fourth-order valence-electron chi connectivity index (χ4n) is 6.38. The van der Waals surface area contributed by atoms with Gasteiger partial charge in [-0.05, 0) is 35.9 Å². The number of hydrazone groups is 1. The Hall–Kier alpha value is -4.42. The summed E-state index contributed by atoms with van der Waals surface area (Å²) in [4.78, 5) is 65.7. The molecule has 7 rings (SSSR count). The smallest absolute Gasteiger partial charge is 0.352 e. The Bertz CT molecular complexity index is 2030. The number of hydrogen-bond acceptors (Lipinski definition) is 11. The van der Waals surface area contributed by atoms with E-state index in [1.54, 1.807) is 10.6 Å². The molecule has 2 atom stereocenters. The number of benzene rings is 1. The van der Waals surface area contributed by atoms with Gasteiger partial charge >= 0.3 is 11.9 Å². The van der Waals surface area contributed by atoms with E-state index in [0.717, 1.165) is 17.1 Å². The van der Waals surface area contributed by atoms with Crippen LogP contribution in [0.3, 0.4) is 0 Å². The first-order chi connectivity index (χ1) is 24.0. The lowest BCUT2D eigenvalue weighted by atomic mass is 10.0. The van der Waals surface area contributed by atoms with E-state index in [1.165, 1.54) is 49.2 Å². The molecular formula is C32H30F2N6O7S3. The van der Waals surface area contributed by atoms with Crippen LogP contribution >= 0.6 is 34.9 Å². The number of amides is 2. The van der Waals surface area contributed by atoms with Gasteiger partial charge in [0.05, 0.1) is 36.0 Å². The number of carboxylic acids is 2. The number of pyridine rings is 1. The maximum atomic E-state index is 16.0. The third kappa shape index (κ3) is 6.35. The summed E-state index contributed by atoms with van der Waals surface area (Å²) in [5.74, 6) is -4.67. The molecule has 3 aromatic rings. The predicted octanol–water partition coefficient (Wildman–Crippen LogP) is 3.15. The molecule has 2 aromatic heterocycles. The number of aromatic nitrogens is 1. The molecule has 0 radical (unpaired) electrons. The molecular weight excluding hydrogens is 715 g/mol. The minimum atomic E-state index is -1.46. The Morgan fingerprint density at radius 3 is 2.52 bits per heavy atom. The van der Waals surface area contributed by atoms with Crippen LogP contribution in [0.2, 0.25) is 0 Å². The van der Waals surface area contributed by atoms with Crippen LogP contribution in [0.4, 0.5) is 14.5 Å². The number of carboxylic acid groups (broad SMARTS) is 2. The summed E-state index contributed by atoms with van der Waals surface area (Å²) in [6.45, 7) is 1.08. The quantitative estimate of drug-likeness (QED) is 0.150. The second-order valence-corrected chi connectivity index (χ2v) is 15.1. The number of fused-ring (bicyclic) bond motifs is 2. The minimum Gasteiger partial charge on any atom is -0.477 e. The lowest BCUT2D eigenvalue weighted by molar-refractivity contribution is -0.150. The first kappa shape index (κ1) is 34.0. The first-order valence-corrected chi connectivity index (χ1v) is 18.7. The molecule has 2 amide bonds. The highest BCUT2D eigenvalue weighted by atomic mass is 32.2. The molecule has 50 heavy (non-hydrogen) atoms. The number of nitrogens with one attached hydrogen (secondary N) is 1. The first-order valence-electron chi connectivity index (χ1n) is 15.7. The highest BCUT2D eigenvalue weighted by Crippen LogP contribution is 2.42. The van der Waals surface area contributed by atoms with Crippen molar-refractivity contribution in [1.29, 1.82) is 0 Å². The van der Waals surface area contributed by atoms with E-state index in [2.05, 4.69) is 10.4 Å². The zero-order valence-electron chi connectivity index (χ0n) is 26.2. The number of thiophene rings is 1. The highest BCUT2D eigenvalue weighted by Gasteiger charge is 2.54. The van der Waals surface area contributed by atoms with Crippen molar-refractivity contribution in [3.05, 3.63) is 73.3 Å². The van der Waals surface area contributed by atoms with E-state index in [4.69, 9.17) is 0 Å². The molecule has 0 spiro atoms. The molecule has 0 bridgehead atoms. The van der Waals surface area contributed by atoms with Crippen LogP contribution in [0.1, 0.15) is 34.1 Å². The second kappa shape index (κ2) is 13.7. The van der Waals surface area contributed by atoms with Crippen LogP contribution in [-0.2, 0) is 20.8 Å². The van der Waals surface area contributed by atoms with Gasteiger partial charge in [-0.2, -0.15) is 5.10 Å². The standard InChI is InChI=1S/C32H30F2N6O7S3/c33-21-11-19-26(39(17-3-4-17)12-20(28(19)42)31(44)45)23(34)27(21)37-5-7-38(8-6-37)35-15-48-13-16-14-50-30-24(29(43)40(30)25(16)32(46)47)36-22(41)10-18-2-1-9-49-18/h1-2,9,11-12,15,17,24,30H,3-8,10,13-14H2,(H,36,41)(H,44,45)(H,46,47). The topological polar surface area (TPSA) is 165 Å². The summed E-state index contributed by atoms with van der Waals surface area (Å²) in [5, 5.41) is 29.4. The van der Waals surface area contributed by atoms with Crippen LogP contribution in [0, 0.1) is 11.6 Å². The number of aliphatic carboxylic acids is 1. The summed E-state index contributed by atoms with van der Waals surface area (Å²) in [6.07, 6.45) is 2.68. The fourth-order valence-corrected chi connectivity index (χ4v) is 9.27. The minimum absolute atomic E-state index is 0.0808. The Morgan fingerprint density at radius 1 is 1.10 bits per heavy atom. The molecule has 3 fully saturated rings. The number of rotatable bonds is 11. The van der Waals surface area contributed by atoms with Crippen molar-refractivity contribution in [3.63, 3.8) is 0 Å². The molecule has 5 heterocycles. The van der Waals surface area contributed by atoms with Crippen LogP contribution in [0.15, 0.2) is 50.9 Å². The van der Waals surface area contributed by atoms with E-state index in [0.29, 0.717) is 37.3 Å². The van der Waals surface area contributed by atoms with Crippen molar-refractivity contribution in [1.82, 2.24) is 19.8 Å². The van der Waals surface area contributed by atoms with Gasteiger partial charge in [-0.3, -0.25) is 24.3 Å². The number of anilines is 1. The van der Waals surface area contributed by atoms with Gasteiger partial charge in [0.1, 0.15) is 34.2 Å². The fraction of sp³-hybridized carbons (Fsp3) is 0.375. The van der Waals surface area contributed by atoms with Crippen molar-refractivity contribution in [2.75, 3.05) is 42.6 Å². The number of piperazine rings is 1. The zero-order valence-corrected chi connectivity index (χ0v) is 28.7. The van der Waals surface area contributed by atoms with Crippen LogP contribution in [0.25, 0.3) is 10.9 Å². The summed E-state index contributed by atoms with van der Waals surface area (Å²) < 4.78 is 32.8. The van der Waals surface area contributed by atoms with E-state index in [-0.39, 0.29) is 59.5 Å². The number of β-lactam (4-membered cyclic amide) rings is 1. The van der Waals surface area contributed by atoms with E-state index in [9.17, 15) is 34.2 Å². The SMILES string of the molecule is O=C(Cc1cccs1)NC1C(=O)N2C(C(=O)O)=C(CSC=NN3CCN(c4c(F)cc5c(=O)c(C(=O)O)cn(C6CC6)c5c4F)CC3)CSC12. The number of nitrogens with zero attached hydrogens (tertiary/aromatic N) is 5. The number of halogens is 2. The average molecular weight is 745 g/mol. The molecule has 1 aromatic carbocycles. The Labute approximate surface area is 295 Å². The van der Waals surface area contributed by atoms with Crippen LogP contribution < -0.4 is 15.6 Å². The maximum Gasteiger partial charge on any atom is 0.352 e. The van der Waals surface area contributed by atoms with Crippen molar-refractivity contribution in [3.8, 4) is 0 Å².